The Hall–Kier alpha value is -0.0800. The van der Waals surface area contributed by atoms with Gasteiger partial charge in [0, 0.05) is 18.7 Å². The molecule has 1 aliphatic rings. The van der Waals surface area contributed by atoms with Crippen LogP contribution in [0.2, 0.25) is 0 Å². The van der Waals surface area contributed by atoms with Crippen molar-refractivity contribution >= 4 is 0 Å². The van der Waals surface area contributed by atoms with E-state index in [0.717, 1.165) is 19.1 Å². The quantitative estimate of drug-likeness (QED) is 0.796. The molecule has 1 heterocycles. The molecule has 0 amide bonds. The van der Waals surface area contributed by atoms with Crippen LogP contribution in [0, 0.1) is 11.8 Å². The van der Waals surface area contributed by atoms with Gasteiger partial charge in [-0.3, -0.25) is 0 Å². The minimum absolute atomic E-state index is 0.222. The second-order valence-electron chi connectivity index (χ2n) is 6.57. The van der Waals surface area contributed by atoms with Crippen LogP contribution in [-0.4, -0.2) is 24.8 Å². The van der Waals surface area contributed by atoms with Crippen LogP contribution < -0.4 is 5.32 Å². The van der Waals surface area contributed by atoms with Gasteiger partial charge in [-0.1, -0.05) is 13.8 Å². The lowest BCUT2D eigenvalue weighted by Gasteiger charge is -2.35. The second kappa shape index (κ2) is 6.02. The number of rotatable bonds is 4. The molecule has 0 aliphatic carbocycles. The third kappa shape index (κ3) is 5.31. The van der Waals surface area contributed by atoms with Gasteiger partial charge in [0.1, 0.15) is 0 Å². The highest BCUT2D eigenvalue weighted by Gasteiger charge is 2.27. The lowest BCUT2D eigenvalue weighted by atomic mass is 9.88. The zero-order valence-corrected chi connectivity index (χ0v) is 11.7. The summed E-state index contributed by atoms with van der Waals surface area (Å²) in [6, 6.07) is 0. The first-order valence-electron chi connectivity index (χ1n) is 6.75. The summed E-state index contributed by atoms with van der Waals surface area (Å²) in [5.74, 6) is 1.44. The molecule has 0 aromatic rings. The average molecular weight is 227 g/mol. The second-order valence-corrected chi connectivity index (χ2v) is 6.57. The SMILES string of the molecule is CC(C)CC1OCCCC1CNC(C)(C)C. The summed E-state index contributed by atoms with van der Waals surface area (Å²) >= 11 is 0. The number of hydrogen-bond acceptors (Lipinski definition) is 2. The van der Waals surface area contributed by atoms with Crippen LogP contribution in [0.25, 0.3) is 0 Å². The molecular weight excluding hydrogens is 198 g/mol. The van der Waals surface area contributed by atoms with Gasteiger partial charge in [0.25, 0.3) is 0 Å². The van der Waals surface area contributed by atoms with Gasteiger partial charge in [0.05, 0.1) is 6.10 Å². The first-order valence-corrected chi connectivity index (χ1v) is 6.75. The van der Waals surface area contributed by atoms with Crippen LogP contribution in [0.1, 0.15) is 53.9 Å². The van der Waals surface area contributed by atoms with Crippen molar-refractivity contribution in [3.63, 3.8) is 0 Å². The van der Waals surface area contributed by atoms with Crippen molar-refractivity contribution < 1.29 is 4.74 Å². The zero-order chi connectivity index (χ0) is 12.2. The van der Waals surface area contributed by atoms with E-state index >= 15 is 0 Å². The summed E-state index contributed by atoms with van der Waals surface area (Å²) in [6.07, 6.45) is 4.23. The Morgan fingerprint density at radius 3 is 2.56 bits per heavy atom. The van der Waals surface area contributed by atoms with Crippen LogP contribution >= 0.6 is 0 Å². The molecule has 0 bridgehead atoms. The van der Waals surface area contributed by atoms with E-state index < -0.39 is 0 Å². The van der Waals surface area contributed by atoms with Gasteiger partial charge in [0.15, 0.2) is 0 Å². The highest BCUT2D eigenvalue weighted by atomic mass is 16.5. The van der Waals surface area contributed by atoms with Crippen LogP contribution in [0.5, 0.6) is 0 Å². The molecule has 96 valence electrons. The molecule has 0 aromatic heterocycles. The van der Waals surface area contributed by atoms with E-state index in [4.69, 9.17) is 4.74 Å². The molecule has 2 unspecified atom stereocenters. The van der Waals surface area contributed by atoms with E-state index in [2.05, 4.69) is 39.9 Å². The predicted molar refractivity (Wildman–Crippen MR) is 69.7 cm³/mol. The molecule has 1 N–H and O–H groups in total. The fraction of sp³-hybridized carbons (Fsp3) is 1.00. The van der Waals surface area contributed by atoms with Gasteiger partial charge < -0.3 is 10.1 Å². The Labute approximate surface area is 101 Å². The van der Waals surface area contributed by atoms with Gasteiger partial charge in [-0.05, 0) is 51.9 Å². The first kappa shape index (κ1) is 14.0. The van der Waals surface area contributed by atoms with Crippen LogP contribution in [0.3, 0.4) is 0 Å². The normalized spacial score (nSPS) is 27.4. The predicted octanol–water partition coefficient (Wildman–Crippen LogP) is 3.22. The Bertz CT molecular complexity index is 195. The summed E-state index contributed by atoms with van der Waals surface area (Å²) in [4.78, 5) is 0. The largest absolute Gasteiger partial charge is 0.378 e. The maximum absolute atomic E-state index is 5.93. The minimum atomic E-state index is 0.222. The summed E-state index contributed by atoms with van der Waals surface area (Å²) in [5.41, 5.74) is 0.222. The molecule has 1 rings (SSSR count). The fourth-order valence-electron chi connectivity index (χ4n) is 2.30. The summed E-state index contributed by atoms with van der Waals surface area (Å²) < 4.78 is 5.93. The van der Waals surface area contributed by atoms with Crippen molar-refractivity contribution in [3.8, 4) is 0 Å². The molecule has 0 saturated carbocycles. The zero-order valence-electron chi connectivity index (χ0n) is 11.7. The number of nitrogens with one attached hydrogen (secondary N) is 1. The highest BCUT2D eigenvalue weighted by Crippen LogP contribution is 2.25. The molecule has 0 spiro atoms. The molecule has 0 aromatic carbocycles. The topological polar surface area (TPSA) is 21.3 Å². The monoisotopic (exact) mass is 227 g/mol. The third-order valence-electron chi connectivity index (χ3n) is 3.18. The molecule has 16 heavy (non-hydrogen) atoms. The maximum Gasteiger partial charge on any atom is 0.0617 e. The smallest absolute Gasteiger partial charge is 0.0617 e. The molecular formula is C14H29NO. The van der Waals surface area contributed by atoms with Crippen molar-refractivity contribution in [1.82, 2.24) is 5.32 Å². The van der Waals surface area contributed by atoms with E-state index in [1.807, 2.05) is 0 Å². The van der Waals surface area contributed by atoms with Crippen molar-refractivity contribution in [3.05, 3.63) is 0 Å². The molecule has 2 atom stereocenters. The van der Waals surface area contributed by atoms with Gasteiger partial charge in [-0.15, -0.1) is 0 Å². The standard InChI is InChI=1S/C14H29NO/c1-11(2)9-13-12(7-6-8-16-13)10-15-14(3,4)5/h11-13,15H,6-10H2,1-5H3. The molecule has 1 saturated heterocycles. The summed E-state index contributed by atoms with van der Waals surface area (Å²) in [5, 5.41) is 3.61. The van der Waals surface area contributed by atoms with Crippen LogP contribution in [-0.2, 0) is 4.74 Å². The summed E-state index contributed by atoms with van der Waals surface area (Å²) in [7, 11) is 0. The Kier molecular flexibility index (Phi) is 5.26. The molecule has 1 fully saturated rings. The lowest BCUT2D eigenvalue weighted by molar-refractivity contribution is -0.0377. The van der Waals surface area contributed by atoms with Gasteiger partial charge >= 0.3 is 0 Å². The number of ether oxygens (including phenoxy) is 1. The number of hydrogen-bond donors (Lipinski definition) is 1. The van der Waals surface area contributed by atoms with Crippen molar-refractivity contribution in [2.75, 3.05) is 13.2 Å². The van der Waals surface area contributed by atoms with E-state index in [1.54, 1.807) is 0 Å². The fourth-order valence-corrected chi connectivity index (χ4v) is 2.30. The highest BCUT2D eigenvalue weighted by molar-refractivity contribution is 4.80. The van der Waals surface area contributed by atoms with Crippen LogP contribution in [0.15, 0.2) is 0 Å². The average Bonchev–Trinajstić information content (AvgIpc) is 2.14. The molecule has 2 heteroatoms. The van der Waals surface area contributed by atoms with E-state index in [0.29, 0.717) is 12.0 Å². The maximum atomic E-state index is 5.93. The van der Waals surface area contributed by atoms with Crippen molar-refractivity contribution in [2.24, 2.45) is 11.8 Å². The Morgan fingerprint density at radius 2 is 2.00 bits per heavy atom. The van der Waals surface area contributed by atoms with Gasteiger partial charge in [0.2, 0.25) is 0 Å². The van der Waals surface area contributed by atoms with Crippen molar-refractivity contribution in [1.29, 1.82) is 0 Å². The Balaban J connectivity index is 2.41. The molecule has 2 nitrogen and oxygen atoms in total. The third-order valence-corrected chi connectivity index (χ3v) is 3.18. The lowest BCUT2D eigenvalue weighted by Crippen LogP contribution is -2.44. The van der Waals surface area contributed by atoms with Gasteiger partial charge in [-0.25, -0.2) is 0 Å². The first-order chi connectivity index (χ1) is 7.38. The van der Waals surface area contributed by atoms with Gasteiger partial charge in [-0.2, -0.15) is 0 Å². The molecule has 0 radical (unpaired) electrons. The minimum Gasteiger partial charge on any atom is -0.378 e. The van der Waals surface area contributed by atoms with E-state index in [-0.39, 0.29) is 5.54 Å². The molecule has 1 aliphatic heterocycles. The van der Waals surface area contributed by atoms with Crippen molar-refractivity contribution in [2.45, 2.75) is 65.5 Å². The Morgan fingerprint density at radius 1 is 1.31 bits per heavy atom. The van der Waals surface area contributed by atoms with Crippen LogP contribution in [0.4, 0.5) is 0 Å². The van der Waals surface area contributed by atoms with E-state index in [1.165, 1.54) is 19.3 Å². The summed E-state index contributed by atoms with van der Waals surface area (Å²) in [6.45, 7) is 13.3. The van der Waals surface area contributed by atoms with E-state index in [9.17, 15) is 0 Å².